The Hall–Kier alpha value is -1.63. The zero-order chi connectivity index (χ0) is 13.0. The van der Waals surface area contributed by atoms with E-state index in [4.69, 9.17) is 0 Å². The molecule has 0 aliphatic heterocycles. The normalized spacial score (nSPS) is 10.6. The summed E-state index contributed by atoms with van der Waals surface area (Å²) in [5.41, 5.74) is 1.12. The zero-order valence-corrected chi connectivity index (χ0v) is 11.5. The van der Waals surface area contributed by atoms with Crippen LogP contribution >= 0.6 is 11.8 Å². The molecule has 7 heteroatoms. The van der Waals surface area contributed by atoms with Gasteiger partial charge >= 0.3 is 0 Å². The summed E-state index contributed by atoms with van der Waals surface area (Å²) in [5, 5.41) is 12.9. The van der Waals surface area contributed by atoms with Crippen LogP contribution in [0.25, 0.3) is 0 Å². The van der Waals surface area contributed by atoms with Gasteiger partial charge in [0.25, 0.3) is 0 Å². The Morgan fingerprint density at radius 2 is 2.17 bits per heavy atom. The number of nitrogens with zero attached hydrogens (tertiary/aromatic N) is 5. The molecule has 0 fully saturated rings. The number of hydrogen-bond acceptors (Lipinski definition) is 6. The van der Waals surface area contributed by atoms with Crippen molar-refractivity contribution >= 4 is 17.6 Å². The second-order valence-electron chi connectivity index (χ2n) is 3.72. The molecule has 0 saturated heterocycles. The molecule has 1 N–H and O–H groups in total. The van der Waals surface area contributed by atoms with Crippen LogP contribution in [0.5, 0.6) is 0 Å². The highest BCUT2D eigenvalue weighted by Gasteiger charge is 2.13. The Morgan fingerprint density at radius 3 is 2.78 bits per heavy atom. The van der Waals surface area contributed by atoms with E-state index in [-0.39, 0.29) is 0 Å². The van der Waals surface area contributed by atoms with Crippen molar-refractivity contribution in [2.45, 2.75) is 30.5 Å². The van der Waals surface area contributed by atoms with Gasteiger partial charge in [0, 0.05) is 19.2 Å². The number of aryl methyl sites for hydroxylation is 1. The number of nitrogens with one attached hydrogen (secondary N) is 1. The van der Waals surface area contributed by atoms with Crippen LogP contribution in [0.3, 0.4) is 0 Å². The van der Waals surface area contributed by atoms with Gasteiger partial charge in [-0.15, -0.1) is 10.2 Å². The number of anilines is 1. The van der Waals surface area contributed by atoms with E-state index >= 15 is 0 Å². The van der Waals surface area contributed by atoms with Crippen LogP contribution in [-0.4, -0.2) is 31.3 Å². The molecule has 0 aliphatic rings. The van der Waals surface area contributed by atoms with Crippen molar-refractivity contribution in [2.75, 3.05) is 11.9 Å². The second kappa shape index (κ2) is 5.81. The van der Waals surface area contributed by atoms with Crippen LogP contribution in [-0.2, 0) is 13.5 Å². The van der Waals surface area contributed by atoms with Crippen LogP contribution in [0, 0.1) is 0 Å². The van der Waals surface area contributed by atoms with E-state index in [1.165, 1.54) is 11.8 Å². The molecule has 0 aromatic carbocycles. The summed E-state index contributed by atoms with van der Waals surface area (Å²) in [6.45, 7) is 5.00. The van der Waals surface area contributed by atoms with Gasteiger partial charge in [-0.1, -0.05) is 6.92 Å². The molecule has 2 aromatic rings. The highest BCUT2D eigenvalue weighted by molar-refractivity contribution is 7.99. The molecule has 0 bridgehead atoms. The van der Waals surface area contributed by atoms with Crippen molar-refractivity contribution in [3.63, 3.8) is 0 Å². The van der Waals surface area contributed by atoms with Gasteiger partial charge in [0.05, 0.1) is 0 Å². The summed E-state index contributed by atoms with van der Waals surface area (Å²) in [6.07, 6.45) is 4.14. The first-order valence-corrected chi connectivity index (χ1v) is 6.67. The summed E-state index contributed by atoms with van der Waals surface area (Å²) in [7, 11) is 1.92. The minimum atomic E-state index is 0.825. The van der Waals surface area contributed by atoms with Gasteiger partial charge in [0.15, 0.2) is 5.16 Å². The molecule has 0 aliphatic carbocycles. The second-order valence-corrected chi connectivity index (χ2v) is 4.67. The molecular formula is C11H16N6S. The van der Waals surface area contributed by atoms with Gasteiger partial charge in [0.2, 0.25) is 0 Å². The largest absolute Gasteiger partial charge is 0.370 e. The third-order valence-corrected chi connectivity index (χ3v) is 3.56. The maximum Gasteiger partial charge on any atom is 0.197 e. The lowest BCUT2D eigenvalue weighted by Crippen LogP contribution is -2.05. The SMILES string of the molecule is CCNc1ncnc(Sc2nncn2C)c1CC. The molecule has 2 aromatic heterocycles. The van der Waals surface area contributed by atoms with E-state index in [0.717, 1.165) is 34.5 Å². The van der Waals surface area contributed by atoms with Crippen LogP contribution in [0.15, 0.2) is 22.8 Å². The van der Waals surface area contributed by atoms with Crippen molar-refractivity contribution < 1.29 is 0 Å². The number of hydrogen-bond donors (Lipinski definition) is 1. The van der Waals surface area contributed by atoms with Crippen molar-refractivity contribution in [3.05, 3.63) is 18.2 Å². The van der Waals surface area contributed by atoms with Crippen molar-refractivity contribution in [1.82, 2.24) is 24.7 Å². The first kappa shape index (κ1) is 12.8. The zero-order valence-electron chi connectivity index (χ0n) is 10.7. The predicted octanol–water partition coefficient (Wildman–Crippen LogP) is 1.75. The topological polar surface area (TPSA) is 68.5 Å². The van der Waals surface area contributed by atoms with Crippen LogP contribution in [0.1, 0.15) is 19.4 Å². The lowest BCUT2D eigenvalue weighted by atomic mass is 10.2. The summed E-state index contributed by atoms with van der Waals surface area (Å²) < 4.78 is 1.87. The fourth-order valence-corrected chi connectivity index (χ4v) is 2.49. The Kier molecular flexibility index (Phi) is 4.14. The minimum Gasteiger partial charge on any atom is -0.370 e. The molecule has 0 amide bonds. The summed E-state index contributed by atoms with van der Waals surface area (Å²) in [4.78, 5) is 8.61. The van der Waals surface area contributed by atoms with Gasteiger partial charge in [-0.2, -0.15) is 0 Å². The quantitative estimate of drug-likeness (QED) is 0.830. The van der Waals surface area contributed by atoms with Crippen LogP contribution in [0.2, 0.25) is 0 Å². The van der Waals surface area contributed by atoms with Gasteiger partial charge in [-0.05, 0) is 25.1 Å². The summed E-state index contributed by atoms with van der Waals surface area (Å²) >= 11 is 1.51. The minimum absolute atomic E-state index is 0.825. The Labute approximate surface area is 110 Å². The lowest BCUT2D eigenvalue weighted by Gasteiger charge is -2.11. The Morgan fingerprint density at radius 1 is 1.33 bits per heavy atom. The van der Waals surface area contributed by atoms with Crippen molar-refractivity contribution in [1.29, 1.82) is 0 Å². The van der Waals surface area contributed by atoms with E-state index in [9.17, 15) is 0 Å². The van der Waals surface area contributed by atoms with Crippen molar-refractivity contribution in [3.8, 4) is 0 Å². The molecule has 0 spiro atoms. The van der Waals surface area contributed by atoms with Crippen LogP contribution < -0.4 is 5.32 Å². The van der Waals surface area contributed by atoms with E-state index in [0.29, 0.717) is 0 Å². The molecule has 6 nitrogen and oxygen atoms in total. The molecule has 96 valence electrons. The molecular weight excluding hydrogens is 248 g/mol. The first-order valence-electron chi connectivity index (χ1n) is 5.85. The Balaban J connectivity index is 2.32. The van der Waals surface area contributed by atoms with Crippen LogP contribution in [0.4, 0.5) is 5.82 Å². The number of rotatable bonds is 5. The van der Waals surface area contributed by atoms with E-state index < -0.39 is 0 Å². The van der Waals surface area contributed by atoms with Gasteiger partial charge in [-0.3, -0.25) is 0 Å². The fourth-order valence-electron chi connectivity index (χ4n) is 1.57. The van der Waals surface area contributed by atoms with Gasteiger partial charge in [0.1, 0.15) is 23.5 Å². The third kappa shape index (κ3) is 2.61. The smallest absolute Gasteiger partial charge is 0.197 e. The maximum atomic E-state index is 4.34. The molecule has 0 saturated carbocycles. The van der Waals surface area contributed by atoms with E-state index in [1.54, 1.807) is 12.7 Å². The average Bonchev–Trinajstić information content (AvgIpc) is 2.76. The molecule has 2 heterocycles. The standard InChI is InChI=1S/C11H16N6S/c1-4-8-9(12-5-2)13-6-14-10(8)18-11-16-15-7-17(11)3/h6-7H,4-5H2,1-3H3,(H,12,13,14). The summed E-state index contributed by atoms with van der Waals surface area (Å²) in [6, 6.07) is 0. The van der Waals surface area contributed by atoms with Crippen molar-refractivity contribution in [2.24, 2.45) is 7.05 Å². The third-order valence-electron chi connectivity index (χ3n) is 2.46. The molecule has 2 rings (SSSR count). The molecule has 0 atom stereocenters. The summed E-state index contributed by atoms with van der Waals surface area (Å²) in [5.74, 6) is 0.902. The monoisotopic (exact) mass is 264 g/mol. The molecule has 0 radical (unpaired) electrons. The Bertz CT molecular complexity index is 524. The highest BCUT2D eigenvalue weighted by Crippen LogP contribution is 2.29. The lowest BCUT2D eigenvalue weighted by molar-refractivity contribution is 0.785. The van der Waals surface area contributed by atoms with E-state index in [1.807, 2.05) is 11.6 Å². The molecule has 0 unspecified atom stereocenters. The van der Waals surface area contributed by atoms with E-state index in [2.05, 4.69) is 39.3 Å². The fraction of sp³-hybridized carbons (Fsp3) is 0.455. The predicted molar refractivity (Wildman–Crippen MR) is 70.7 cm³/mol. The van der Waals surface area contributed by atoms with Gasteiger partial charge in [-0.25, -0.2) is 9.97 Å². The average molecular weight is 264 g/mol. The van der Waals surface area contributed by atoms with Gasteiger partial charge < -0.3 is 9.88 Å². The highest BCUT2D eigenvalue weighted by atomic mass is 32.2. The first-order chi connectivity index (χ1) is 8.76. The maximum absolute atomic E-state index is 4.34. The molecule has 18 heavy (non-hydrogen) atoms. The number of aromatic nitrogens is 5.